The Bertz CT molecular complexity index is 1180. The quantitative estimate of drug-likeness (QED) is 0.519. The van der Waals surface area contributed by atoms with Crippen molar-refractivity contribution in [2.24, 2.45) is 0 Å². The van der Waals surface area contributed by atoms with E-state index in [0.717, 1.165) is 51.5 Å². The molecule has 0 radical (unpaired) electrons. The number of ether oxygens (including phenoxy) is 1. The van der Waals surface area contributed by atoms with Crippen LogP contribution >= 0.6 is 0 Å². The van der Waals surface area contributed by atoms with Crippen LogP contribution < -0.4 is 10.1 Å². The van der Waals surface area contributed by atoms with E-state index in [0.29, 0.717) is 13.2 Å². The second-order valence-corrected chi connectivity index (χ2v) is 7.31. The summed E-state index contributed by atoms with van der Waals surface area (Å²) < 4.78 is 5.87. The molecule has 2 aromatic heterocycles. The molecule has 0 unspecified atom stereocenters. The summed E-state index contributed by atoms with van der Waals surface area (Å²) in [7, 11) is 0. The molecular weight excluding hydrogens is 374 g/mol. The minimum atomic E-state index is -0.0147. The van der Waals surface area contributed by atoms with Crippen LogP contribution in [-0.4, -0.2) is 22.4 Å². The molecule has 5 heteroatoms. The molecule has 0 atom stereocenters. The highest BCUT2D eigenvalue weighted by molar-refractivity contribution is 5.97. The number of nitrogens with one attached hydrogen (secondary N) is 2. The number of amides is 1. The summed E-state index contributed by atoms with van der Waals surface area (Å²) in [5.74, 6) is 0.806. The molecule has 4 aromatic rings. The molecule has 0 aliphatic carbocycles. The highest BCUT2D eigenvalue weighted by Gasteiger charge is 2.20. The molecular formula is C25H21N3O2. The van der Waals surface area contributed by atoms with Gasteiger partial charge in [-0.3, -0.25) is 9.78 Å². The predicted molar refractivity (Wildman–Crippen MR) is 116 cm³/mol. The highest BCUT2D eigenvalue weighted by Crippen LogP contribution is 2.28. The Labute approximate surface area is 174 Å². The number of carbonyl (C=O) groups excluding carboxylic acids is 1. The van der Waals surface area contributed by atoms with Gasteiger partial charge < -0.3 is 15.0 Å². The fraction of sp³-hybridized carbons (Fsp3) is 0.120. The number of pyridine rings is 1. The summed E-state index contributed by atoms with van der Waals surface area (Å²) in [5.41, 5.74) is 6.69. The van der Waals surface area contributed by atoms with Crippen molar-refractivity contribution in [3.8, 4) is 28.3 Å². The zero-order chi connectivity index (χ0) is 20.3. The number of aromatic amines is 1. The van der Waals surface area contributed by atoms with Gasteiger partial charge in [0.05, 0.1) is 11.3 Å². The maximum atomic E-state index is 12.0. The summed E-state index contributed by atoms with van der Waals surface area (Å²) in [5, 5.41) is 2.88. The van der Waals surface area contributed by atoms with Crippen LogP contribution in [-0.2, 0) is 13.0 Å². The van der Waals surface area contributed by atoms with Gasteiger partial charge in [-0.05, 0) is 48.0 Å². The van der Waals surface area contributed by atoms with Crippen LogP contribution in [0.15, 0.2) is 79.0 Å². The first-order chi connectivity index (χ1) is 14.8. The van der Waals surface area contributed by atoms with Crippen LogP contribution in [0.5, 0.6) is 5.75 Å². The number of rotatable bonds is 5. The molecule has 1 aliphatic rings. The van der Waals surface area contributed by atoms with Crippen LogP contribution in [0.2, 0.25) is 0 Å². The maximum absolute atomic E-state index is 12.0. The van der Waals surface area contributed by atoms with Crippen molar-refractivity contribution in [2.75, 3.05) is 6.54 Å². The normalized spacial score (nSPS) is 12.9. The van der Waals surface area contributed by atoms with E-state index in [-0.39, 0.29) is 5.91 Å². The smallest absolute Gasteiger partial charge is 0.253 e. The molecule has 0 fully saturated rings. The van der Waals surface area contributed by atoms with Crippen LogP contribution in [0.25, 0.3) is 22.5 Å². The topological polar surface area (TPSA) is 67.0 Å². The lowest BCUT2D eigenvalue weighted by Gasteiger charge is -2.11. The van der Waals surface area contributed by atoms with Crippen molar-refractivity contribution in [1.82, 2.24) is 15.3 Å². The molecule has 0 saturated heterocycles. The Balaban J connectivity index is 1.35. The van der Waals surface area contributed by atoms with Crippen molar-refractivity contribution in [1.29, 1.82) is 0 Å². The fourth-order valence-corrected chi connectivity index (χ4v) is 3.67. The van der Waals surface area contributed by atoms with Crippen molar-refractivity contribution >= 4 is 5.91 Å². The molecule has 0 spiro atoms. The Kier molecular flexibility index (Phi) is 4.77. The molecule has 2 aromatic carbocycles. The van der Waals surface area contributed by atoms with E-state index in [1.807, 2.05) is 72.8 Å². The number of aromatic nitrogens is 2. The molecule has 30 heavy (non-hydrogen) atoms. The van der Waals surface area contributed by atoms with Crippen molar-refractivity contribution in [3.05, 3.63) is 95.8 Å². The van der Waals surface area contributed by atoms with E-state index >= 15 is 0 Å². The van der Waals surface area contributed by atoms with Gasteiger partial charge in [-0.15, -0.1) is 0 Å². The summed E-state index contributed by atoms with van der Waals surface area (Å²) >= 11 is 0. The molecule has 5 rings (SSSR count). The third-order valence-corrected chi connectivity index (χ3v) is 5.27. The van der Waals surface area contributed by atoms with Gasteiger partial charge in [0.2, 0.25) is 0 Å². The van der Waals surface area contributed by atoms with E-state index in [2.05, 4.69) is 15.3 Å². The van der Waals surface area contributed by atoms with Crippen molar-refractivity contribution in [3.63, 3.8) is 0 Å². The Hall–Kier alpha value is -3.86. The Morgan fingerprint density at radius 1 is 0.933 bits per heavy atom. The standard InChI is InChI=1S/C25H21N3O2/c29-25-21-15-24(28-22(21)11-13-27-25)19-10-12-26-23(14-19)18-6-8-20(9-7-18)30-16-17-4-2-1-3-5-17/h1-10,12,14-15,28H,11,13,16H2,(H,27,29). The van der Waals surface area contributed by atoms with Gasteiger partial charge in [0.15, 0.2) is 0 Å². The number of carbonyl (C=O) groups is 1. The first kappa shape index (κ1) is 18.2. The molecule has 0 saturated carbocycles. The number of hydrogen-bond acceptors (Lipinski definition) is 3. The van der Waals surface area contributed by atoms with Crippen molar-refractivity contribution < 1.29 is 9.53 Å². The summed E-state index contributed by atoms with van der Waals surface area (Å²) in [6, 6.07) is 24.0. The largest absolute Gasteiger partial charge is 0.489 e. The van der Waals surface area contributed by atoms with E-state index in [1.165, 1.54) is 0 Å². The summed E-state index contributed by atoms with van der Waals surface area (Å²) in [6.45, 7) is 1.21. The second kappa shape index (κ2) is 7.87. The first-order valence-corrected chi connectivity index (χ1v) is 10.00. The lowest BCUT2D eigenvalue weighted by Crippen LogP contribution is -2.31. The molecule has 148 valence electrons. The van der Waals surface area contributed by atoms with Crippen LogP contribution in [0, 0.1) is 0 Å². The van der Waals surface area contributed by atoms with Gasteiger partial charge >= 0.3 is 0 Å². The highest BCUT2D eigenvalue weighted by atomic mass is 16.5. The lowest BCUT2D eigenvalue weighted by atomic mass is 10.1. The average molecular weight is 395 g/mol. The van der Waals surface area contributed by atoms with Gasteiger partial charge in [-0.25, -0.2) is 0 Å². The Morgan fingerprint density at radius 3 is 2.57 bits per heavy atom. The molecule has 0 bridgehead atoms. The number of nitrogens with zero attached hydrogens (tertiary/aromatic N) is 1. The van der Waals surface area contributed by atoms with Crippen LogP contribution in [0.3, 0.4) is 0 Å². The molecule has 1 aliphatic heterocycles. The third kappa shape index (κ3) is 3.70. The van der Waals surface area contributed by atoms with E-state index in [4.69, 9.17) is 4.74 Å². The monoisotopic (exact) mass is 395 g/mol. The number of hydrogen-bond donors (Lipinski definition) is 2. The molecule has 1 amide bonds. The minimum Gasteiger partial charge on any atom is -0.489 e. The number of H-pyrrole nitrogens is 1. The Morgan fingerprint density at radius 2 is 1.77 bits per heavy atom. The van der Waals surface area contributed by atoms with Gasteiger partial charge in [-0.1, -0.05) is 30.3 Å². The average Bonchev–Trinajstić information content (AvgIpc) is 3.25. The summed E-state index contributed by atoms with van der Waals surface area (Å²) in [4.78, 5) is 20.0. The SMILES string of the molecule is O=C1NCCc2[nH]c(-c3ccnc(-c4ccc(OCc5ccccc5)cc4)c3)cc21. The maximum Gasteiger partial charge on any atom is 0.253 e. The van der Waals surface area contributed by atoms with Gasteiger partial charge in [-0.2, -0.15) is 0 Å². The first-order valence-electron chi connectivity index (χ1n) is 10.00. The van der Waals surface area contributed by atoms with Gasteiger partial charge in [0.1, 0.15) is 12.4 Å². The van der Waals surface area contributed by atoms with E-state index in [9.17, 15) is 4.79 Å². The number of benzene rings is 2. The third-order valence-electron chi connectivity index (χ3n) is 5.27. The molecule has 5 nitrogen and oxygen atoms in total. The molecule has 3 heterocycles. The number of fused-ring (bicyclic) bond motifs is 1. The predicted octanol–water partition coefficient (Wildman–Crippen LogP) is 4.61. The fourth-order valence-electron chi connectivity index (χ4n) is 3.67. The van der Waals surface area contributed by atoms with Gasteiger partial charge in [0.25, 0.3) is 5.91 Å². The molecule has 2 N–H and O–H groups in total. The van der Waals surface area contributed by atoms with E-state index in [1.54, 1.807) is 6.20 Å². The minimum absolute atomic E-state index is 0.0147. The zero-order valence-corrected chi connectivity index (χ0v) is 16.4. The zero-order valence-electron chi connectivity index (χ0n) is 16.4. The second-order valence-electron chi connectivity index (χ2n) is 7.31. The van der Waals surface area contributed by atoms with Crippen LogP contribution in [0.4, 0.5) is 0 Å². The summed E-state index contributed by atoms with van der Waals surface area (Å²) in [6.07, 6.45) is 2.62. The van der Waals surface area contributed by atoms with Crippen molar-refractivity contribution in [2.45, 2.75) is 13.0 Å². The lowest BCUT2D eigenvalue weighted by molar-refractivity contribution is 0.0946. The van der Waals surface area contributed by atoms with Gasteiger partial charge in [0, 0.05) is 41.7 Å². The van der Waals surface area contributed by atoms with Crippen LogP contribution in [0.1, 0.15) is 21.6 Å². The van der Waals surface area contributed by atoms with E-state index < -0.39 is 0 Å².